The van der Waals surface area contributed by atoms with Gasteiger partial charge in [0, 0.05) is 6.61 Å². The quantitative estimate of drug-likeness (QED) is 0.687. The van der Waals surface area contributed by atoms with Gasteiger partial charge in [0.15, 0.2) is 0 Å². The SMILES string of the molecule is CC(C)(C)CCNCCC1CCCO1. The van der Waals surface area contributed by atoms with E-state index in [2.05, 4.69) is 26.1 Å². The molecule has 1 aliphatic rings. The maximum absolute atomic E-state index is 5.56. The van der Waals surface area contributed by atoms with Crippen LogP contribution in [0.3, 0.4) is 0 Å². The molecule has 1 unspecified atom stereocenters. The summed E-state index contributed by atoms with van der Waals surface area (Å²) in [6.45, 7) is 10.1. The third kappa shape index (κ3) is 5.61. The Labute approximate surface area is 88.4 Å². The van der Waals surface area contributed by atoms with E-state index in [0.29, 0.717) is 11.5 Å². The van der Waals surface area contributed by atoms with Crippen LogP contribution in [0.4, 0.5) is 0 Å². The highest BCUT2D eigenvalue weighted by Crippen LogP contribution is 2.17. The molecule has 1 fully saturated rings. The Balaban J connectivity index is 1.89. The predicted octanol–water partition coefficient (Wildman–Crippen LogP) is 2.58. The lowest BCUT2D eigenvalue weighted by Crippen LogP contribution is -2.24. The fourth-order valence-corrected chi connectivity index (χ4v) is 1.72. The van der Waals surface area contributed by atoms with Gasteiger partial charge in [0.1, 0.15) is 0 Å². The molecular weight excluding hydrogens is 174 g/mol. The number of hydrogen-bond donors (Lipinski definition) is 1. The lowest BCUT2D eigenvalue weighted by atomic mass is 9.92. The van der Waals surface area contributed by atoms with Gasteiger partial charge in [-0.25, -0.2) is 0 Å². The molecule has 0 saturated carbocycles. The zero-order valence-electron chi connectivity index (χ0n) is 9.94. The van der Waals surface area contributed by atoms with Crippen molar-refractivity contribution in [3.05, 3.63) is 0 Å². The van der Waals surface area contributed by atoms with Crippen molar-refractivity contribution in [1.29, 1.82) is 0 Å². The molecule has 1 heterocycles. The van der Waals surface area contributed by atoms with Gasteiger partial charge in [-0.05, 0) is 44.2 Å². The molecule has 0 amide bonds. The molecule has 0 spiro atoms. The van der Waals surface area contributed by atoms with Crippen molar-refractivity contribution in [3.63, 3.8) is 0 Å². The molecule has 84 valence electrons. The maximum Gasteiger partial charge on any atom is 0.0588 e. The van der Waals surface area contributed by atoms with Gasteiger partial charge in [-0.3, -0.25) is 0 Å². The first-order valence-corrected chi connectivity index (χ1v) is 5.90. The van der Waals surface area contributed by atoms with Gasteiger partial charge in [0.2, 0.25) is 0 Å². The first kappa shape index (κ1) is 12.0. The lowest BCUT2D eigenvalue weighted by Gasteiger charge is -2.18. The molecule has 0 bridgehead atoms. The molecule has 0 aromatic rings. The van der Waals surface area contributed by atoms with Crippen molar-refractivity contribution in [2.75, 3.05) is 19.7 Å². The second kappa shape index (κ2) is 5.72. The molecule has 0 aliphatic carbocycles. The van der Waals surface area contributed by atoms with Gasteiger partial charge in [0.25, 0.3) is 0 Å². The Hall–Kier alpha value is -0.0800. The molecule has 1 N–H and O–H groups in total. The zero-order chi connectivity index (χ0) is 10.4. The summed E-state index contributed by atoms with van der Waals surface area (Å²) in [7, 11) is 0. The Morgan fingerprint density at radius 2 is 2.07 bits per heavy atom. The Morgan fingerprint density at radius 3 is 2.64 bits per heavy atom. The topological polar surface area (TPSA) is 21.3 Å². The predicted molar refractivity (Wildman–Crippen MR) is 60.5 cm³/mol. The van der Waals surface area contributed by atoms with Gasteiger partial charge < -0.3 is 10.1 Å². The van der Waals surface area contributed by atoms with Crippen molar-refractivity contribution < 1.29 is 4.74 Å². The van der Waals surface area contributed by atoms with Crippen molar-refractivity contribution in [2.24, 2.45) is 5.41 Å². The molecule has 0 aromatic heterocycles. The molecule has 1 saturated heterocycles. The molecule has 1 rings (SSSR count). The van der Waals surface area contributed by atoms with E-state index >= 15 is 0 Å². The number of rotatable bonds is 5. The van der Waals surface area contributed by atoms with E-state index in [9.17, 15) is 0 Å². The van der Waals surface area contributed by atoms with Crippen LogP contribution in [0.5, 0.6) is 0 Å². The van der Waals surface area contributed by atoms with Crippen LogP contribution in [0, 0.1) is 5.41 Å². The van der Waals surface area contributed by atoms with Crippen molar-refractivity contribution in [1.82, 2.24) is 5.32 Å². The molecule has 1 atom stereocenters. The lowest BCUT2D eigenvalue weighted by molar-refractivity contribution is 0.104. The van der Waals surface area contributed by atoms with Gasteiger partial charge in [0.05, 0.1) is 6.10 Å². The molecular formula is C12H25NO. The van der Waals surface area contributed by atoms with Crippen LogP contribution in [-0.2, 0) is 4.74 Å². The van der Waals surface area contributed by atoms with Crippen LogP contribution in [0.2, 0.25) is 0 Å². The van der Waals surface area contributed by atoms with Crippen LogP contribution < -0.4 is 5.32 Å². The number of nitrogens with one attached hydrogen (secondary N) is 1. The molecule has 2 heteroatoms. The van der Waals surface area contributed by atoms with Crippen LogP contribution in [0.25, 0.3) is 0 Å². The third-order valence-electron chi connectivity index (χ3n) is 2.72. The minimum Gasteiger partial charge on any atom is -0.378 e. The maximum atomic E-state index is 5.56. The van der Waals surface area contributed by atoms with E-state index in [1.165, 1.54) is 25.7 Å². The number of ether oxygens (including phenoxy) is 1. The van der Waals surface area contributed by atoms with Crippen molar-refractivity contribution in [2.45, 2.75) is 52.6 Å². The van der Waals surface area contributed by atoms with Crippen molar-refractivity contribution in [3.8, 4) is 0 Å². The van der Waals surface area contributed by atoms with Gasteiger partial charge in [-0.1, -0.05) is 20.8 Å². The van der Waals surface area contributed by atoms with Gasteiger partial charge in [-0.2, -0.15) is 0 Å². The molecule has 1 aliphatic heterocycles. The Morgan fingerprint density at radius 1 is 1.29 bits per heavy atom. The summed E-state index contributed by atoms with van der Waals surface area (Å²) in [5.41, 5.74) is 0.455. The van der Waals surface area contributed by atoms with Crippen LogP contribution in [-0.4, -0.2) is 25.8 Å². The fraction of sp³-hybridized carbons (Fsp3) is 1.00. The summed E-state index contributed by atoms with van der Waals surface area (Å²) in [4.78, 5) is 0. The molecule has 0 radical (unpaired) electrons. The zero-order valence-corrected chi connectivity index (χ0v) is 9.94. The van der Waals surface area contributed by atoms with Crippen LogP contribution in [0.15, 0.2) is 0 Å². The van der Waals surface area contributed by atoms with E-state index in [4.69, 9.17) is 4.74 Å². The summed E-state index contributed by atoms with van der Waals surface area (Å²) < 4.78 is 5.56. The molecule has 2 nitrogen and oxygen atoms in total. The Kier molecular flexibility index (Phi) is 4.90. The molecule has 0 aromatic carbocycles. The minimum absolute atomic E-state index is 0.455. The average molecular weight is 199 g/mol. The highest BCUT2D eigenvalue weighted by atomic mass is 16.5. The van der Waals surface area contributed by atoms with Gasteiger partial charge in [-0.15, -0.1) is 0 Å². The highest BCUT2D eigenvalue weighted by Gasteiger charge is 2.14. The van der Waals surface area contributed by atoms with E-state index in [1.54, 1.807) is 0 Å². The summed E-state index contributed by atoms with van der Waals surface area (Å²) in [5.74, 6) is 0. The smallest absolute Gasteiger partial charge is 0.0588 e. The normalized spacial score (nSPS) is 22.9. The summed E-state index contributed by atoms with van der Waals surface area (Å²) in [6, 6.07) is 0. The van der Waals surface area contributed by atoms with E-state index in [-0.39, 0.29) is 0 Å². The number of hydrogen-bond acceptors (Lipinski definition) is 2. The van der Waals surface area contributed by atoms with Gasteiger partial charge >= 0.3 is 0 Å². The van der Waals surface area contributed by atoms with E-state index < -0.39 is 0 Å². The second-order valence-electron chi connectivity index (χ2n) is 5.48. The molecule has 14 heavy (non-hydrogen) atoms. The largest absolute Gasteiger partial charge is 0.378 e. The van der Waals surface area contributed by atoms with Crippen LogP contribution >= 0.6 is 0 Å². The first-order chi connectivity index (χ1) is 6.58. The minimum atomic E-state index is 0.455. The monoisotopic (exact) mass is 199 g/mol. The standard InChI is InChI=1S/C12H25NO/c1-12(2,3)7-9-13-8-6-11-5-4-10-14-11/h11,13H,4-10H2,1-3H3. The highest BCUT2D eigenvalue weighted by molar-refractivity contribution is 4.67. The summed E-state index contributed by atoms with van der Waals surface area (Å²) in [6.07, 6.45) is 5.49. The summed E-state index contributed by atoms with van der Waals surface area (Å²) in [5, 5.41) is 3.49. The average Bonchev–Trinajstić information content (AvgIpc) is 2.54. The summed E-state index contributed by atoms with van der Waals surface area (Å²) >= 11 is 0. The van der Waals surface area contributed by atoms with Crippen LogP contribution in [0.1, 0.15) is 46.5 Å². The van der Waals surface area contributed by atoms with Crippen molar-refractivity contribution >= 4 is 0 Å². The second-order valence-corrected chi connectivity index (χ2v) is 5.48. The van der Waals surface area contributed by atoms with E-state index in [0.717, 1.165) is 19.7 Å². The van der Waals surface area contributed by atoms with E-state index in [1.807, 2.05) is 0 Å². The fourth-order valence-electron chi connectivity index (χ4n) is 1.72. The first-order valence-electron chi connectivity index (χ1n) is 5.90. The third-order valence-corrected chi connectivity index (χ3v) is 2.72. The Bertz CT molecular complexity index is 145.